The number of nitrogens with zero attached hydrogens (tertiary/aromatic N) is 2. The van der Waals surface area contributed by atoms with Gasteiger partial charge in [0.05, 0.1) is 4.92 Å². The summed E-state index contributed by atoms with van der Waals surface area (Å²) in [5, 5.41) is 14.1. The molecular weight excluding hydrogens is 278 g/mol. The van der Waals surface area contributed by atoms with E-state index < -0.39 is 4.92 Å². The van der Waals surface area contributed by atoms with Crippen LogP contribution in [0.25, 0.3) is 0 Å². The van der Waals surface area contributed by atoms with Crippen LogP contribution < -0.4 is 5.32 Å². The maximum absolute atomic E-state index is 10.7. The lowest BCUT2D eigenvalue weighted by molar-refractivity contribution is -0.385. The SMILES string of the molecule is Cc1cc([N+](=O)[O-])cnc1NCC1C2Cc3ccccc3C12. The Kier molecular flexibility index (Phi) is 2.89. The predicted octanol–water partition coefficient (Wildman–Crippen LogP) is 3.30. The summed E-state index contributed by atoms with van der Waals surface area (Å²) in [4.78, 5) is 14.5. The lowest BCUT2D eigenvalue weighted by Crippen LogP contribution is -2.10. The van der Waals surface area contributed by atoms with E-state index in [4.69, 9.17) is 0 Å². The molecule has 1 N–H and O–H groups in total. The van der Waals surface area contributed by atoms with Crippen LogP contribution in [-0.2, 0) is 6.42 Å². The highest BCUT2D eigenvalue weighted by atomic mass is 16.6. The van der Waals surface area contributed by atoms with Crippen molar-refractivity contribution in [2.45, 2.75) is 19.3 Å². The van der Waals surface area contributed by atoms with Crippen molar-refractivity contribution in [2.75, 3.05) is 11.9 Å². The minimum atomic E-state index is -0.411. The van der Waals surface area contributed by atoms with Crippen LogP contribution in [0.15, 0.2) is 36.5 Å². The standard InChI is InChI=1S/C17H17N3O2/c1-10-6-12(20(21)22)8-18-17(10)19-9-15-14-7-11-4-2-3-5-13(11)16(14)15/h2-6,8,14-16H,7,9H2,1H3,(H,18,19). The Morgan fingerprint density at radius 2 is 2.23 bits per heavy atom. The number of nitro groups is 1. The van der Waals surface area contributed by atoms with Gasteiger partial charge >= 0.3 is 0 Å². The molecule has 1 aromatic heterocycles. The van der Waals surface area contributed by atoms with Gasteiger partial charge in [0.15, 0.2) is 0 Å². The second-order valence-electron chi connectivity index (χ2n) is 6.25. The predicted molar refractivity (Wildman–Crippen MR) is 84.0 cm³/mol. The lowest BCUT2D eigenvalue weighted by atomic mass is 10.0. The second kappa shape index (κ2) is 4.80. The van der Waals surface area contributed by atoms with E-state index in [-0.39, 0.29) is 5.69 Å². The molecule has 3 unspecified atom stereocenters. The summed E-state index contributed by atoms with van der Waals surface area (Å²) in [6.07, 6.45) is 2.50. The van der Waals surface area contributed by atoms with E-state index in [0.717, 1.165) is 23.8 Å². The smallest absolute Gasteiger partial charge is 0.287 e. The maximum atomic E-state index is 10.7. The van der Waals surface area contributed by atoms with Crippen LogP contribution in [-0.4, -0.2) is 16.5 Å². The quantitative estimate of drug-likeness (QED) is 0.694. The number of hydrogen-bond acceptors (Lipinski definition) is 4. The average Bonchev–Trinajstić information content (AvgIpc) is 3.04. The molecule has 0 amide bonds. The van der Waals surface area contributed by atoms with Crippen molar-refractivity contribution in [2.24, 2.45) is 11.8 Å². The fourth-order valence-electron chi connectivity index (χ4n) is 3.82. The van der Waals surface area contributed by atoms with Crippen molar-refractivity contribution >= 4 is 11.5 Å². The normalized spacial score (nSPS) is 24.5. The summed E-state index contributed by atoms with van der Waals surface area (Å²) in [5.74, 6) is 2.85. The van der Waals surface area contributed by atoms with E-state index >= 15 is 0 Å². The zero-order valence-corrected chi connectivity index (χ0v) is 12.3. The zero-order valence-electron chi connectivity index (χ0n) is 12.3. The summed E-state index contributed by atoms with van der Waals surface area (Å²) in [6, 6.07) is 10.3. The summed E-state index contributed by atoms with van der Waals surface area (Å²) in [7, 11) is 0. The third kappa shape index (κ3) is 2.04. The number of aryl methyl sites for hydroxylation is 1. The van der Waals surface area contributed by atoms with Gasteiger partial charge in [-0.05, 0) is 47.8 Å². The molecular formula is C17H17N3O2. The van der Waals surface area contributed by atoms with Crippen molar-refractivity contribution in [3.8, 4) is 0 Å². The largest absolute Gasteiger partial charge is 0.370 e. The molecule has 1 heterocycles. The van der Waals surface area contributed by atoms with Crippen LogP contribution in [0.1, 0.15) is 22.6 Å². The van der Waals surface area contributed by atoms with Gasteiger partial charge in [-0.2, -0.15) is 0 Å². The first-order valence-electron chi connectivity index (χ1n) is 7.58. The third-order valence-corrected chi connectivity index (χ3v) is 4.98. The summed E-state index contributed by atoms with van der Waals surface area (Å²) in [6.45, 7) is 2.74. The van der Waals surface area contributed by atoms with Crippen molar-refractivity contribution in [3.05, 3.63) is 63.3 Å². The lowest BCUT2D eigenvalue weighted by Gasteiger charge is -2.10. The second-order valence-corrected chi connectivity index (χ2v) is 6.25. The molecule has 4 rings (SSSR count). The topological polar surface area (TPSA) is 68.1 Å². The Labute approximate surface area is 128 Å². The highest BCUT2D eigenvalue weighted by Crippen LogP contribution is 2.61. The molecule has 0 radical (unpaired) electrons. The first kappa shape index (κ1) is 13.2. The molecule has 0 saturated heterocycles. The molecule has 3 atom stereocenters. The van der Waals surface area contributed by atoms with Crippen LogP contribution in [0, 0.1) is 28.9 Å². The highest BCUT2D eigenvalue weighted by molar-refractivity contribution is 5.49. The Bertz CT molecular complexity index is 759. The van der Waals surface area contributed by atoms with Crippen molar-refractivity contribution in [3.63, 3.8) is 0 Å². The van der Waals surface area contributed by atoms with Crippen LogP contribution in [0.5, 0.6) is 0 Å². The van der Waals surface area contributed by atoms with Crippen LogP contribution in [0.2, 0.25) is 0 Å². The molecule has 1 saturated carbocycles. The fraction of sp³-hybridized carbons (Fsp3) is 0.353. The molecule has 0 spiro atoms. The third-order valence-electron chi connectivity index (χ3n) is 4.98. The van der Waals surface area contributed by atoms with Crippen LogP contribution in [0.3, 0.4) is 0 Å². The van der Waals surface area contributed by atoms with E-state index in [2.05, 4.69) is 34.6 Å². The van der Waals surface area contributed by atoms with Crippen LogP contribution in [0.4, 0.5) is 11.5 Å². The average molecular weight is 295 g/mol. The van der Waals surface area contributed by atoms with Gasteiger partial charge in [0.2, 0.25) is 0 Å². The molecule has 112 valence electrons. The molecule has 1 fully saturated rings. The summed E-state index contributed by atoms with van der Waals surface area (Å²) < 4.78 is 0. The van der Waals surface area contributed by atoms with Gasteiger partial charge in [0.1, 0.15) is 12.0 Å². The summed E-state index contributed by atoms with van der Waals surface area (Å²) >= 11 is 0. The Morgan fingerprint density at radius 1 is 1.41 bits per heavy atom. The number of rotatable bonds is 4. The summed E-state index contributed by atoms with van der Waals surface area (Å²) in [5.41, 5.74) is 3.87. The van der Waals surface area contributed by atoms with E-state index in [9.17, 15) is 10.1 Å². The molecule has 2 aliphatic rings. The Balaban J connectivity index is 1.42. The van der Waals surface area contributed by atoms with Gasteiger partial charge in [0.25, 0.3) is 5.69 Å². The molecule has 2 aromatic rings. The van der Waals surface area contributed by atoms with Crippen molar-refractivity contribution < 1.29 is 4.92 Å². The van der Waals surface area contributed by atoms with E-state index in [1.165, 1.54) is 23.7 Å². The van der Waals surface area contributed by atoms with Crippen molar-refractivity contribution in [1.29, 1.82) is 0 Å². The molecule has 22 heavy (non-hydrogen) atoms. The fourth-order valence-corrected chi connectivity index (χ4v) is 3.82. The number of aromatic nitrogens is 1. The van der Waals surface area contributed by atoms with Gasteiger partial charge in [0, 0.05) is 12.6 Å². The monoisotopic (exact) mass is 295 g/mol. The Morgan fingerprint density at radius 3 is 3.00 bits per heavy atom. The van der Waals surface area contributed by atoms with E-state index in [1.807, 2.05) is 6.92 Å². The molecule has 2 aliphatic carbocycles. The van der Waals surface area contributed by atoms with Gasteiger partial charge < -0.3 is 5.32 Å². The minimum Gasteiger partial charge on any atom is -0.370 e. The van der Waals surface area contributed by atoms with Crippen molar-refractivity contribution in [1.82, 2.24) is 4.98 Å². The maximum Gasteiger partial charge on any atom is 0.287 e. The molecule has 5 heteroatoms. The molecule has 0 bridgehead atoms. The molecule has 1 aromatic carbocycles. The van der Waals surface area contributed by atoms with Gasteiger partial charge in [-0.25, -0.2) is 4.98 Å². The number of fused-ring (bicyclic) bond motifs is 3. The molecule has 5 nitrogen and oxygen atoms in total. The number of anilines is 1. The minimum absolute atomic E-state index is 0.0419. The van der Waals surface area contributed by atoms with Gasteiger partial charge in [-0.3, -0.25) is 10.1 Å². The highest BCUT2D eigenvalue weighted by Gasteiger charge is 2.54. The van der Waals surface area contributed by atoms with Crippen LogP contribution >= 0.6 is 0 Å². The van der Waals surface area contributed by atoms with Gasteiger partial charge in [-0.15, -0.1) is 0 Å². The zero-order chi connectivity index (χ0) is 15.3. The number of pyridine rings is 1. The number of benzene rings is 1. The first-order valence-corrected chi connectivity index (χ1v) is 7.58. The number of nitrogens with one attached hydrogen (secondary N) is 1. The molecule has 0 aliphatic heterocycles. The Hall–Kier alpha value is -2.43. The number of hydrogen-bond donors (Lipinski definition) is 1. The van der Waals surface area contributed by atoms with E-state index in [1.54, 1.807) is 6.07 Å². The van der Waals surface area contributed by atoms with E-state index in [0.29, 0.717) is 11.8 Å². The first-order chi connectivity index (χ1) is 10.6. The van der Waals surface area contributed by atoms with Gasteiger partial charge in [-0.1, -0.05) is 24.3 Å².